The van der Waals surface area contributed by atoms with Crippen LogP contribution in [-0.2, 0) is 9.84 Å². The average Bonchev–Trinajstić information content (AvgIpc) is 3.30. The molecule has 0 atom stereocenters. The lowest BCUT2D eigenvalue weighted by Crippen LogP contribution is -2.15. The molecular weight excluding hydrogens is 446 g/mol. The summed E-state index contributed by atoms with van der Waals surface area (Å²) in [5.41, 5.74) is 2.11. The number of thioether (sulfide) groups is 1. The molecule has 150 valence electrons. The number of hydrogen-bond acceptors (Lipinski definition) is 8. The topological polar surface area (TPSA) is 89.0 Å². The minimum atomic E-state index is -3.37. The molecule has 0 unspecified atom stereocenters. The fourth-order valence-corrected chi connectivity index (χ4v) is 6.44. The lowest BCUT2D eigenvalue weighted by molar-refractivity contribution is 0.102. The molecule has 0 aliphatic rings. The van der Waals surface area contributed by atoms with Crippen molar-refractivity contribution < 1.29 is 13.2 Å². The zero-order valence-corrected chi connectivity index (χ0v) is 19.1. The quantitative estimate of drug-likeness (QED) is 0.416. The lowest BCUT2D eigenvalue weighted by Gasteiger charge is -2.08. The van der Waals surface area contributed by atoms with Crippen molar-refractivity contribution in [1.82, 2.24) is 9.97 Å². The fourth-order valence-electron chi connectivity index (χ4n) is 2.73. The molecule has 2 heterocycles. The van der Waals surface area contributed by atoms with E-state index in [1.54, 1.807) is 36.9 Å². The first-order chi connectivity index (χ1) is 13.8. The molecule has 4 rings (SSSR count). The highest BCUT2D eigenvalue weighted by molar-refractivity contribution is 8.00. The van der Waals surface area contributed by atoms with Crippen LogP contribution in [0.2, 0.25) is 0 Å². The number of sulfone groups is 1. The van der Waals surface area contributed by atoms with Crippen LogP contribution in [-0.4, -0.2) is 35.8 Å². The Balaban J connectivity index is 1.60. The fraction of sp³-hybridized carbons (Fsp3) is 0.211. The third kappa shape index (κ3) is 3.77. The molecule has 29 heavy (non-hydrogen) atoms. The van der Waals surface area contributed by atoms with E-state index in [-0.39, 0.29) is 10.8 Å². The molecule has 0 aliphatic heterocycles. The molecule has 1 amide bonds. The van der Waals surface area contributed by atoms with Gasteiger partial charge in [0.05, 0.1) is 30.6 Å². The number of aromatic nitrogens is 2. The smallest absolute Gasteiger partial charge is 0.257 e. The predicted octanol–water partition coefficient (Wildman–Crippen LogP) is 5.06. The normalized spacial score (nSPS) is 12.1. The van der Waals surface area contributed by atoms with Crippen molar-refractivity contribution in [3.8, 4) is 0 Å². The summed E-state index contributed by atoms with van der Waals surface area (Å²) in [6, 6.07) is 9.81. The molecule has 6 nitrogen and oxygen atoms in total. The Kier molecular flexibility index (Phi) is 5.36. The first kappa shape index (κ1) is 20.3. The average molecular weight is 464 g/mol. The number of nitrogens with zero attached hydrogens (tertiary/aromatic N) is 2. The van der Waals surface area contributed by atoms with Crippen LogP contribution in [0, 0.1) is 0 Å². The number of nitrogens with one attached hydrogen (secondary N) is 1. The summed E-state index contributed by atoms with van der Waals surface area (Å²) in [5, 5.41) is 2.79. The third-order valence-electron chi connectivity index (χ3n) is 4.35. The third-order valence-corrected chi connectivity index (χ3v) is 9.73. The van der Waals surface area contributed by atoms with Crippen molar-refractivity contribution in [2.75, 3.05) is 11.6 Å². The van der Waals surface area contributed by atoms with Crippen LogP contribution in [0.1, 0.15) is 24.2 Å². The van der Waals surface area contributed by atoms with E-state index in [1.807, 2.05) is 18.4 Å². The highest BCUT2D eigenvalue weighted by atomic mass is 32.2. The van der Waals surface area contributed by atoms with Gasteiger partial charge in [-0.15, -0.1) is 11.3 Å². The second kappa shape index (κ2) is 7.67. The van der Waals surface area contributed by atoms with E-state index in [1.165, 1.54) is 35.6 Å². The Morgan fingerprint density at radius 2 is 1.62 bits per heavy atom. The summed E-state index contributed by atoms with van der Waals surface area (Å²) in [4.78, 5) is 21.9. The Hall–Kier alpha value is -2.01. The van der Waals surface area contributed by atoms with Crippen LogP contribution in [0.25, 0.3) is 20.4 Å². The van der Waals surface area contributed by atoms with E-state index in [2.05, 4.69) is 15.3 Å². The van der Waals surface area contributed by atoms with Crippen molar-refractivity contribution in [3.63, 3.8) is 0 Å². The lowest BCUT2D eigenvalue weighted by atomic mass is 10.2. The number of hydrogen-bond donors (Lipinski definition) is 1. The molecule has 0 spiro atoms. The highest BCUT2D eigenvalue weighted by Gasteiger charge is 2.20. The van der Waals surface area contributed by atoms with Gasteiger partial charge in [-0.3, -0.25) is 10.1 Å². The molecule has 0 bridgehead atoms. The second-order valence-corrected chi connectivity index (χ2v) is 12.1. The Labute approximate surface area is 180 Å². The maximum atomic E-state index is 12.6. The van der Waals surface area contributed by atoms with Gasteiger partial charge >= 0.3 is 0 Å². The van der Waals surface area contributed by atoms with Crippen LogP contribution in [0.3, 0.4) is 0 Å². The summed E-state index contributed by atoms with van der Waals surface area (Å²) < 4.78 is 27.5. The van der Waals surface area contributed by atoms with Gasteiger partial charge in [0.25, 0.3) is 5.91 Å². The van der Waals surface area contributed by atoms with Crippen LogP contribution in [0.5, 0.6) is 0 Å². The SMILES string of the molecule is CSc1nc2ccc3nc(NC(=O)c4ccc(S(=O)(=O)C(C)C)cc4)sc3c2s1. The number of carbonyl (C=O) groups excluding carboxylic acids is 1. The Bertz CT molecular complexity index is 1320. The van der Waals surface area contributed by atoms with Crippen molar-refractivity contribution in [3.05, 3.63) is 42.0 Å². The zero-order chi connectivity index (χ0) is 20.8. The van der Waals surface area contributed by atoms with E-state index in [0.29, 0.717) is 10.7 Å². The summed E-state index contributed by atoms with van der Waals surface area (Å²) >= 11 is 4.62. The van der Waals surface area contributed by atoms with Crippen LogP contribution in [0.15, 0.2) is 45.6 Å². The van der Waals surface area contributed by atoms with Gasteiger partial charge in [0.2, 0.25) is 0 Å². The van der Waals surface area contributed by atoms with Crippen LogP contribution < -0.4 is 5.32 Å². The van der Waals surface area contributed by atoms with Crippen molar-refractivity contribution >= 4 is 75.7 Å². The van der Waals surface area contributed by atoms with E-state index < -0.39 is 15.1 Å². The Morgan fingerprint density at radius 3 is 2.24 bits per heavy atom. The van der Waals surface area contributed by atoms with Gasteiger partial charge in [0, 0.05) is 5.56 Å². The highest BCUT2D eigenvalue weighted by Crippen LogP contribution is 2.38. The Morgan fingerprint density at radius 1 is 1.00 bits per heavy atom. The number of thiazole rings is 2. The van der Waals surface area contributed by atoms with Gasteiger partial charge in [0.15, 0.2) is 19.3 Å². The predicted molar refractivity (Wildman–Crippen MR) is 121 cm³/mol. The number of benzene rings is 2. The number of carbonyl (C=O) groups is 1. The maximum absolute atomic E-state index is 12.6. The molecule has 10 heteroatoms. The van der Waals surface area contributed by atoms with E-state index in [4.69, 9.17) is 0 Å². The molecule has 1 N–H and O–H groups in total. The molecule has 2 aromatic carbocycles. The van der Waals surface area contributed by atoms with Gasteiger partial charge in [-0.2, -0.15) is 0 Å². The van der Waals surface area contributed by atoms with Gasteiger partial charge < -0.3 is 0 Å². The molecular formula is C19H17N3O3S4. The molecule has 0 radical (unpaired) electrons. The molecule has 4 aromatic rings. The van der Waals surface area contributed by atoms with Gasteiger partial charge in [-0.05, 0) is 56.5 Å². The van der Waals surface area contributed by atoms with Gasteiger partial charge in [0.1, 0.15) is 0 Å². The van der Waals surface area contributed by atoms with Gasteiger partial charge in [-0.25, -0.2) is 18.4 Å². The monoisotopic (exact) mass is 463 g/mol. The van der Waals surface area contributed by atoms with Crippen molar-refractivity contribution in [2.45, 2.75) is 28.3 Å². The van der Waals surface area contributed by atoms with E-state index >= 15 is 0 Å². The number of amides is 1. The minimum absolute atomic E-state index is 0.209. The largest absolute Gasteiger partial charge is 0.298 e. The van der Waals surface area contributed by atoms with E-state index in [9.17, 15) is 13.2 Å². The first-order valence-corrected chi connectivity index (χ1v) is 13.1. The summed E-state index contributed by atoms with van der Waals surface area (Å²) in [5.74, 6) is -0.331. The summed E-state index contributed by atoms with van der Waals surface area (Å²) in [6.07, 6.45) is 1.99. The summed E-state index contributed by atoms with van der Waals surface area (Å²) in [7, 11) is -3.37. The van der Waals surface area contributed by atoms with E-state index in [0.717, 1.165) is 24.8 Å². The standard InChI is InChI=1S/C19H17N3O3S4/c1-10(2)29(24,25)12-6-4-11(5-7-12)17(23)22-18-20-13-8-9-14-16(15(13)27-18)28-19(21-14)26-3/h4-10H,1-3H3,(H,20,22,23). The molecule has 2 aromatic heterocycles. The van der Waals surface area contributed by atoms with Crippen LogP contribution >= 0.6 is 34.4 Å². The molecule has 0 fully saturated rings. The first-order valence-electron chi connectivity index (χ1n) is 8.69. The molecule has 0 aliphatic carbocycles. The second-order valence-electron chi connectivity index (χ2n) is 6.54. The number of rotatable bonds is 5. The van der Waals surface area contributed by atoms with Crippen molar-refractivity contribution in [2.24, 2.45) is 0 Å². The molecule has 0 saturated carbocycles. The van der Waals surface area contributed by atoms with Crippen LogP contribution in [0.4, 0.5) is 5.13 Å². The molecule has 0 saturated heterocycles. The van der Waals surface area contributed by atoms with Crippen molar-refractivity contribution in [1.29, 1.82) is 0 Å². The van der Waals surface area contributed by atoms with Gasteiger partial charge in [-0.1, -0.05) is 23.1 Å². The minimum Gasteiger partial charge on any atom is -0.298 e. The number of fused-ring (bicyclic) bond motifs is 3. The zero-order valence-electron chi connectivity index (χ0n) is 15.8. The maximum Gasteiger partial charge on any atom is 0.257 e. The number of anilines is 1. The summed E-state index contributed by atoms with van der Waals surface area (Å²) in [6.45, 7) is 3.26.